The van der Waals surface area contributed by atoms with Gasteiger partial charge in [-0.05, 0) is 17.5 Å². The van der Waals surface area contributed by atoms with Crippen LogP contribution in [0.3, 0.4) is 0 Å². The Kier molecular flexibility index (Phi) is 6.71. The standard InChI is InChI=1S/C21H30N6O4/c1-21(2,3)18(20(31)26-12-14(28)10-16(26)19(30)22-4)27-11-13(24-25-27)9-17(29)15-7-5-6-8-23-15/h5-8,11,14,16-18,28-29H,9-10,12H2,1-4H3,(H,22,30)/t14-,16+,17?,18-/m0/s1. The van der Waals surface area contributed by atoms with E-state index in [0.717, 1.165) is 0 Å². The first kappa shape index (κ1) is 22.8. The van der Waals surface area contributed by atoms with Crippen molar-refractivity contribution in [3.63, 3.8) is 0 Å². The minimum atomic E-state index is -0.846. The highest BCUT2D eigenvalue weighted by Crippen LogP contribution is 2.34. The number of aromatic nitrogens is 4. The van der Waals surface area contributed by atoms with E-state index < -0.39 is 29.7 Å². The molecule has 2 aromatic rings. The zero-order valence-electron chi connectivity index (χ0n) is 18.3. The fraction of sp³-hybridized carbons (Fsp3) is 0.571. The van der Waals surface area contributed by atoms with E-state index in [1.807, 2.05) is 20.8 Å². The molecule has 0 spiro atoms. The van der Waals surface area contributed by atoms with Crippen molar-refractivity contribution in [2.45, 2.75) is 57.9 Å². The molecule has 1 aliphatic heterocycles. The minimum absolute atomic E-state index is 0.0868. The Labute approximate surface area is 181 Å². The smallest absolute Gasteiger partial charge is 0.248 e. The molecule has 31 heavy (non-hydrogen) atoms. The first-order chi connectivity index (χ1) is 14.6. The van der Waals surface area contributed by atoms with Crippen molar-refractivity contribution in [2.24, 2.45) is 5.41 Å². The predicted molar refractivity (Wildman–Crippen MR) is 112 cm³/mol. The van der Waals surface area contributed by atoms with Gasteiger partial charge in [-0.25, -0.2) is 4.68 Å². The Morgan fingerprint density at radius 1 is 1.32 bits per heavy atom. The van der Waals surface area contributed by atoms with Crippen LogP contribution >= 0.6 is 0 Å². The summed E-state index contributed by atoms with van der Waals surface area (Å²) in [5.74, 6) is -0.616. The van der Waals surface area contributed by atoms with Crippen LogP contribution in [0.4, 0.5) is 0 Å². The van der Waals surface area contributed by atoms with Crippen LogP contribution in [0.2, 0.25) is 0 Å². The fourth-order valence-electron chi connectivity index (χ4n) is 3.92. The van der Waals surface area contributed by atoms with E-state index in [1.165, 1.54) is 16.6 Å². The Hall–Kier alpha value is -2.85. The SMILES string of the molecule is CNC(=O)[C@H]1C[C@H](O)CN1C(=O)[C@H](n1cc(CC(O)c2ccccn2)nn1)C(C)(C)C. The van der Waals surface area contributed by atoms with Gasteiger partial charge in [-0.1, -0.05) is 32.1 Å². The zero-order valence-corrected chi connectivity index (χ0v) is 18.3. The van der Waals surface area contributed by atoms with Crippen LogP contribution in [0.5, 0.6) is 0 Å². The molecule has 3 rings (SSSR count). The summed E-state index contributed by atoms with van der Waals surface area (Å²) in [7, 11) is 1.51. The van der Waals surface area contributed by atoms with Crippen LogP contribution in [0.1, 0.15) is 50.7 Å². The lowest BCUT2D eigenvalue weighted by Crippen LogP contribution is -2.49. The van der Waals surface area contributed by atoms with Crippen molar-refractivity contribution in [2.75, 3.05) is 13.6 Å². The van der Waals surface area contributed by atoms with Gasteiger partial charge in [0.05, 0.1) is 17.5 Å². The van der Waals surface area contributed by atoms with Gasteiger partial charge in [0.1, 0.15) is 18.2 Å². The number of rotatable bonds is 6. The number of likely N-dealkylation sites (N-methyl/N-ethyl adjacent to an activating group) is 1. The molecule has 3 heterocycles. The summed E-state index contributed by atoms with van der Waals surface area (Å²) in [5, 5.41) is 31.4. The maximum atomic E-state index is 13.5. The van der Waals surface area contributed by atoms with Gasteiger partial charge < -0.3 is 20.4 Å². The van der Waals surface area contributed by atoms with Crippen LogP contribution in [0.25, 0.3) is 0 Å². The largest absolute Gasteiger partial charge is 0.391 e. The van der Waals surface area contributed by atoms with Crippen LogP contribution < -0.4 is 5.32 Å². The van der Waals surface area contributed by atoms with Crippen molar-refractivity contribution in [3.8, 4) is 0 Å². The summed E-state index contributed by atoms with van der Waals surface area (Å²) in [6.07, 6.45) is 2.04. The number of aliphatic hydroxyl groups is 2. The second kappa shape index (κ2) is 9.11. The number of amides is 2. The molecule has 0 bridgehead atoms. The molecule has 1 aliphatic rings. The highest BCUT2D eigenvalue weighted by atomic mass is 16.3. The van der Waals surface area contributed by atoms with E-state index in [0.29, 0.717) is 11.4 Å². The molecule has 0 aliphatic carbocycles. The molecule has 1 unspecified atom stereocenters. The van der Waals surface area contributed by atoms with Crippen LogP contribution in [0, 0.1) is 5.41 Å². The normalized spacial score (nSPS) is 21.0. The lowest BCUT2D eigenvalue weighted by atomic mass is 9.85. The number of β-amino-alcohol motifs (C(OH)–C–C–N with tert-alkyl or cyclic N) is 1. The zero-order chi connectivity index (χ0) is 22.8. The summed E-state index contributed by atoms with van der Waals surface area (Å²) >= 11 is 0. The summed E-state index contributed by atoms with van der Waals surface area (Å²) in [5.41, 5.74) is 0.507. The van der Waals surface area contributed by atoms with Gasteiger partial charge in [-0.15, -0.1) is 5.10 Å². The quantitative estimate of drug-likeness (QED) is 0.598. The van der Waals surface area contributed by atoms with Crippen molar-refractivity contribution in [1.29, 1.82) is 0 Å². The van der Waals surface area contributed by atoms with E-state index in [-0.39, 0.29) is 31.2 Å². The number of hydrogen-bond donors (Lipinski definition) is 3. The van der Waals surface area contributed by atoms with E-state index in [1.54, 1.807) is 30.6 Å². The molecule has 3 N–H and O–H groups in total. The summed E-state index contributed by atoms with van der Waals surface area (Å²) in [4.78, 5) is 31.3. The average Bonchev–Trinajstić information content (AvgIpc) is 3.33. The Morgan fingerprint density at radius 2 is 2.06 bits per heavy atom. The number of hydrogen-bond acceptors (Lipinski definition) is 7. The number of nitrogens with zero attached hydrogens (tertiary/aromatic N) is 5. The third-order valence-electron chi connectivity index (χ3n) is 5.42. The molecule has 0 aromatic carbocycles. The molecule has 0 saturated carbocycles. The molecule has 0 radical (unpaired) electrons. The van der Waals surface area contributed by atoms with E-state index in [9.17, 15) is 19.8 Å². The van der Waals surface area contributed by atoms with Crippen molar-refractivity contribution in [1.82, 2.24) is 30.2 Å². The van der Waals surface area contributed by atoms with Crippen LogP contribution in [-0.4, -0.2) is 72.6 Å². The fourth-order valence-corrected chi connectivity index (χ4v) is 3.92. The van der Waals surface area contributed by atoms with E-state index in [4.69, 9.17) is 0 Å². The van der Waals surface area contributed by atoms with Gasteiger partial charge in [0.15, 0.2) is 0 Å². The number of carbonyl (C=O) groups is 2. The van der Waals surface area contributed by atoms with Crippen molar-refractivity contribution < 1.29 is 19.8 Å². The van der Waals surface area contributed by atoms with Gasteiger partial charge >= 0.3 is 0 Å². The lowest BCUT2D eigenvalue weighted by Gasteiger charge is -2.34. The summed E-state index contributed by atoms with van der Waals surface area (Å²) in [6.45, 7) is 5.80. The Morgan fingerprint density at radius 3 is 2.68 bits per heavy atom. The molecule has 1 saturated heterocycles. The van der Waals surface area contributed by atoms with Gasteiger partial charge in [-0.3, -0.25) is 14.6 Å². The predicted octanol–water partition coefficient (Wildman–Crippen LogP) is 0.244. The van der Waals surface area contributed by atoms with Crippen LogP contribution in [-0.2, 0) is 16.0 Å². The highest BCUT2D eigenvalue weighted by Gasteiger charge is 2.45. The number of aliphatic hydroxyl groups excluding tert-OH is 2. The molecule has 10 nitrogen and oxygen atoms in total. The molecule has 168 valence electrons. The van der Waals surface area contributed by atoms with Crippen LogP contribution in [0.15, 0.2) is 30.6 Å². The monoisotopic (exact) mass is 430 g/mol. The van der Waals surface area contributed by atoms with Crippen molar-refractivity contribution in [3.05, 3.63) is 42.0 Å². The molecule has 1 fully saturated rings. The maximum absolute atomic E-state index is 13.5. The third-order valence-corrected chi connectivity index (χ3v) is 5.42. The van der Waals surface area contributed by atoms with Gasteiger partial charge in [0.2, 0.25) is 11.8 Å². The first-order valence-electron chi connectivity index (χ1n) is 10.3. The van der Waals surface area contributed by atoms with Gasteiger partial charge in [-0.2, -0.15) is 0 Å². The average molecular weight is 431 g/mol. The number of pyridine rings is 1. The lowest BCUT2D eigenvalue weighted by molar-refractivity contribution is -0.144. The molecule has 4 atom stereocenters. The Bertz CT molecular complexity index is 910. The van der Waals surface area contributed by atoms with Crippen molar-refractivity contribution >= 4 is 11.8 Å². The molecule has 10 heteroatoms. The number of likely N-dealkylation sites (tertiary alicyclic amines) is 1. The third kappa shape index (κ3) is 5.08. The van der Waals surface area contributed by atoms with Gasteiger partial charge in [0.25, 0.3) is 0 Å². The summed E-state index contributed by atoms with van der Waals surface area (Å²) in [6, 6.07) is 3.83. The highest BCUT2D eigenvalue weighted by molar-refractivity contribution is 5.90. The molecular formula is C21H30N6O4. The second-order valence-electron chi connectivity index (χ2n) is 8.94. The van der Waals surface area contributed by atoms with E-state index >= 15 is 0 Å². The maximum Gasteiger partial charge on any atom is 0.248 e. The summed E-state index contributed by atoms with van der Waals surface area (Å²) < 4.78 is 1.48. The topological polar surface area (TPSA) is 133 Å². The first-order valence-corrected chi connectivity index (χ1v) is 10.3. The second-order valence-corrected chi connectivity index (χ2v) is 8.94. The van der Waals surface area contributed by atoms with Gasteiger partial charge in [0, 0.05) is 38.8 Å². The minimum Gasteiger partial charge on any atom is -0.391 e. The number of carbonyl (C=O) groups excluding carboxylic acids is 2. The Balaban J connectivity index is 1.83. The molecule has 2 amide bonds. The number of nitrogens with one attached hydrogen (secondary N) is 1. The molecule has 2 aromatic heterocycles. The van der Waals surface area contributed by atoms with E-state index in [2.05, 4.69) is 20.6 Å². The molecular weight excluding hydrogens is 400 g/mol.